The number of rotatable bonds is 21. The Bertz CT molecular complexity index is 458. The third-order valence-electron chi connectivity index (χ3n) is 6.26. The molecular weight excluding hydrogens is 400 g/mol. The lowest BCUT2D eigenvalue weighted by molar-refractivity contribution is -0.155. The molecule has 0 N–H and O–H groups in total. The van der Waals surface area contributed by atoms with Crippen LogP contribution in [0.4, 0.5) is 0 Å². The molecule has 0 aliphatic carbocycles. The van der Waals surface area contributed by atoms with Crippen molar-refractivity contribution in [1.82, 2.24) is 0 Å². The van der Waals surface area contributed by atoms with Gasteiger partial charge in [-0.15, -0.1) is 0 Å². The minimum Gasteiger partial charge on any atom is -0.463 e. The molecule has 0 fully saturated rings. The van der Waals surface area contributed by atoms with Crippen molar-refractivity contribution in [2.24, 2.45) is 11.8 Å². The molecule has 0 aliphatic rings. The first-order valence-corrected chi connectivity index (χ1v) is 13.7. The van der Waals surface area contributed by atoms with E-state index in [2.05, 4.69) is 13.8 Å². The van der Waals surface area contributed by atoms with Crippen molar-refractivity contribution in [2.45, 2.75) is 156 Å². The molecule has 0 aliphatic heterocycles. The number of carbonyl (C=O) groups excluding carboxylic acids is 2. The molecule has 2 unspecified atom stereocenters. The topological polar surface area (TPSA) is 52.6 Å². The molecule has 4 nitrogen and oxygen atoms in total. The van der Waals surface area contributed by atoms with Crippen molar-refractivity contribution in [3.63, 3.8) is 0 Å². The van der Waals surface area contributed by atoms with Crippen LogP contribution in [0, 0.1) is 11.8 Å². The summed E-state index contributed by atoms with van der Waals surface area (Å²) in [5.74, 6) is 0.482. The summed E-state index contributed by atoms with van der Waals surface area (Å²) in [4.78, 5) is 23.8. The van der Waals surface area contributed by atoms with Crippen LogP contribution in [0.2, 0.25) is 0 Å². The number of esters is 2. The molecule has 0 spiro atoms. The van der Waals surface area contributed by atoms with Gasteiger partial charge < -0.3 is 9.47 Å². The highest BCUT2D eigenvalue weighted by molar-refractivity contribution is 5.72. The molecule has 0 aromatic heterocycles. The van der Waals surface area contributed by atoms with Gasteiger partial charge in [-0.25, -0.2) is 0 Å². The van der Waals surface area contributed by atoms with Gasteiger partial charge in [0.1, 0.15) is 0 Å². The molecule has 0 saturated heterocycles. The van der Waals surface area contributed by atoms with Gasteiger partial charge in [0.05, 0.1) is 18.1 Å². The Morgan fingerprint density at radius 1 is 0.594 bits per heavy atom. The predicted octanol–water partition coefficient (Wildman–Crippen LogP) is 8.40. The molecule has 0 aromatic rings. The first kappa shape index (κ1) is 30.9. The van der Waals surface area contributed by atoms with E-state index in [0.29, 0.717) is 12.3 Å². The Morgan fingerprint density at radius 3 is 1.44 bits per heavy atom. The van der Waals surface area contributed by atoms with Crippen LogP contribution < -0.4 is 0 Å². The molecule has 0 rings (SSSR count). The van der Waals surface area contributed by atoms with Crippen LogP contribution in [0.15, 0.2) is 0 Å². The Labute approximate surface area is 199 Å². The van der Waals surface area contributed by atoms with Crippen LogP contribution in [0.1, 0.15) is 144 Å². The van der Waals surface area contributed by atoms with Gasteiger partial charge in [-0.3, -0.25) is 9.59 Å². The van der Waals surface area contributed by atoms with Gasteiger partial charge >= 0.3 is 11.9 Å². The largest absolute Gasteiger partial charge is 0.463 e. The molecule has 0 heterocycles. The number of hydrogen-bond donors (Lipinski definition) is 0. The van der Waals surface area contributed by atoms with E-state index >= 15 is 0 Å². The predicted molar refractivity (Wildman–Crippen MR) is 135 cm³/mol. The van der Waals surface area contributed by atoms with E-state index in [1.54, 1.807) is 0 Å². The smallest absolute Gasteiger partial charge is 0.309 e. The summed E-state index contributed by atoms with van der Waals surface area (Å²) < 4.78 is 10.6. The van der Waals surface area contributed by atoms with Gasteiger partial charge in [0.15, 0.2) is 0 Å². The Morgan fingerprint density at radius 2 is 1.03 bits per heavy atom. The van der Waals surface area contributed by atoms with E-state index in [0.717, 1.165) is 32.1 Å². The van der Waals surface area contributed by atoms with Gasteiger partial charge in [0.2, 0.25) is 0 Å². The summed E-state index contributed by atoms with van der Waals surface area (Å²) in [6.45, 7) is 12.0. The molecule has 0 aromatic carbocycles. The third kappa shape index (κ3) is 17.5. The summed E-state index contributed by atoms with van der Waals surface area (Å²) in [6, 6.07) is 0. The van der Waals surface area contributed by atoms with Crippen LogP contribution >= 0.6 is 0 Å². The monoisotopic (exact) mass is 454 g/mol. The van der Waals surface area contributed by atoms with Crippen molar-refractivity contribution in [3.05, 3.63) is 0 Å². The van der Waals surface area contributed by atoms with E-state index in [1.807, 2.05) is 27.7 Å². The van der Waals surface area contributed by atoms with Crippen molar-refractivity contribution >= 4 is 11.9 Å². The lowest BCUT2D eigenvalue weighted by Gasteiger charge is -2.24. The van der Waals surface area contributed by atoms with Gasteiger partial charge in [0.25, 0.3) is 0 Å². The highest BCUT2D eigenvalue weighted by Crippen LogP contribution is 2.27. The van der Waals surface area contributed by atoms with Crippen LogP contribution in [0.3, 0.4) is 0 Å². The summed E-state index contributed by atoms with van der Waals surface area (Å²) in [5.41, 5.74) is 0. The second-order valence-electron chi connectivity index (χ2n) is 9.99. The summed E-state index contributed by atoms with van der Waals surface area (Å²) in [6.07, 6.45) is 18.8. The fourth-order valence-corrected chi connectivity index (χ4v) is 4.47. The molecule has 190 valence electrons. The van der Waals surface area contributed by atoms with E-state index in [-0.39, 0.29) is 30.1 Å². The standard InChI is InChI=1S/C28H54O4/c1-7-25(26(8-2)28(30)32-24(5)6)21-19-17-15-13-11-9-10-12-14-16-18-20-22-27(29)31-23(3)4/h23-26H,7-22H2,1-6H3. The molecule has 2 atom stereocenters. The van der Waals surface area contributed by atoms with Crippen LogP contribution in [0.25, 0.3) is 0 Å². The average Bonchev–Trinajstić information content (AvgIpc) is 2.71. The van der Waals surface area contributed by atoms with Crippen molar-refractivity contribution < 1.29 is 19.1 Å². The van der Waals surface area contributed by atoms with Crippen LogP contribution in [-0.2, 0) is 19.1 Å². The zero-order valence-corrected chi connectivity index (χ0v) is 22.3. The first-order chi connectivity index (χ1) is 15.3. The minimum absolute atomic E-state index is 0.00276. The second-order valence-corrected chi connectivity index (χ2v) is 9.99. The molecule has 0 bridgehead atoms. The molecule has 32 heavy (non-hydrogen) atoms. The van der Waals surface area contributed by atoms with E-state index in [1.165, 1.54) is 64.2 Å². The Hall–Kier alpha value is -1.06. The maximum atomic E-state index is 12.3. The maximum absolute atomic E-state index is 12.3. The maximum Gasteiger partial charge on any atom is 0.309 e. The van der Waals surface area contributed by atoms with E-state index in [9.17, 15) is 9.59 Å². The number of carbonyl (C=O) groups is 2. The number of hydrogen-bond acceptors (Lipinski definition) is 4. The van der Waals surface area contributed by atoms with Gasteiger partial charge in [-0.1, -0.05) is 90.9 Å². The van der Waals surface area contributed by atoms with Crippen molar-refractivity contribution in [3.8, 4) is 0 Å². The molecule has 0 radical (unpaired) electrons. The summed E-state index contributed by atoms with van der Waals surface area (Å²) in [5, 5.41) is 0. The molecule has 4 heteroatoms. The highest BCUT2D eigenvalue weighted by atomic mass is 16.5. The first-order valence-electron chi connectivity index (χ1n) is 13.7. The van der Waals surface area contributed by atoms with E-state index in [4.69, 9.17) is 9.47 Å². The van der Waals surface area contributed by atoms with Gasteiger partial charge in [-0.05, 0) is 52.9 Å². The third-order valence-corrected chi connectivity index (χ3v) is 6.26. The fourth-order valence-electron chi connectivity index (χ4n) is 4.47. The summed E-state index contributed by atoms with van der Waals surface area (Å²) >= 11 is 0. The SMILES string of the molecule is CCC(CCCCCCCCCCCCCCC(=O)OC(C)C)C(CC)C(=O)OC(C)C. The highest BCUT2D eigenvalue weighted by Gasteiger charge is 2.27. The molecule has 0 amide bonds. The lowest BCUT2D eigenvalue weighted by atomic mass is 9.84. The molecule has 0 saturated carbocycles. The normalized spacial score (nSPS) is 13.4. The van der Waals surface area contributed by atoms with E-state index < -0.39 is 0 Å². The zero-order chi connectivity index (χ0) is 24.2. The quantitative estimate of drug-likeness (QED) is 0.129. The lowest BCUT2D eigenvalue weighted by Crippen LogP contribution is -2.27. The van der Waals surface area contributed by atoms with Crippen LogP contribution in [-0.4, -0.2) is 24.1 Å². The number of unbranched alkanes of at least 4 members (excludes halogenated alkanes) is 11. The summed E-state index contributed by atoms with van der Waals surface area (Å²) in [7, 11) is 0. The molecular formula is C28H54O4. The van der Waals surface area contributed by atoms with Crippen molar-refractivity contribution in [2.75, 3.05) is 0 Å². The van der Waals surface area contributed by atoms with Crippen molar-refractivity contribution in [1.29, 1.82) is 0 Å². The number of ether oxygens (including phenoxy) is 2. The Balaban J connectivity index is 3.59. The minimum atomic E-state index is -0.0518. The fraction of sp³-hybridized carbons (Fsp3) is 0.929. The van der Waals surface area contributed by atoms with Crippen LogP contribution in [0.5, 0.6) is 0 Å². The Kier molecular flexibility index (Phi) is 19.9. The zero-order valence-electron chi connectivity index (χ0n) is 22.3. The van der Waals surface area contributed by atoms with Gasteiger partial charge in [0, 0.05) is 6.42 Å². The average molecular weight is 455 g/mol. The second kappa shape index (κ2) is 20.5. The van der Waals surface area contributed by atoms with Gasteiger partial charge in [-0.2, -0.15) is 0 Å².